The first-order valence-electron chi connectivity index (χ1n) is 6.73. The van der Waals surface area contributed by atoms with Gasteiger partial charge in [0.1, 0.15) is 15.9 Å². The largest absolute Gasteiger partial charge is 0.480 e. The highest BCUT2D eigenvalue weighted by atomic mass is 32.2. The molecule has 0 aliphatic heterocycles. The second-order valence-electron chi connectivity index (χ2n) is 6.33. The van der Waals surface area contributed by atoms with Crippen LogP contribution in [-0.4, -0.2) is 43.5 Å². The van der Waals surface area contributed by atoms with Crippen LogP contribution in [0.25, 0.3) is 0 Å². The summed E-state index contributed by atoms with van der Waals surface area (Å²) in [6.45, 7) is 3.77. The first kappa shape index (κ1) is 16.9. The maximum Gasteiger partial charge on any atom is 0.326 e. The van der Waals surface area contributed by atoms with Gasteiger partial charge in [-0.05, 0) is 30.6 Å². The van der Waals surface area contributed by atoms with Crippen LogP contribution < -0.4 is 5.32 Å². The number of sulfone groups is 1. The van der Waals surface area contributed by atoms with Gasteiger partial charge in [-0.25, -0.2) is 13.2 Å². The van der Waals surface area contributed by atoms with E-state index < -0.39 is 27.3 Å². The molecule has 1 rings (SSSR count). The lowest BCUT2D eigenvalue weighted by molar-refractivity contribution is -0.142. The molecule has 0 heterocycles. The van der Waals surface area contributed by atoms with Crippen LogP contribution in [0.4, 0.5) is 0 Å². The molecule has 0 spiro atoms. The fourth-order valence-electron chi connectivity index (χ4n) is 2.38. The fourth-order valence-corrected chi connectivity index (χ4v) is 3.89. The van der Waals surface area contributed by atoms with Gasteiger partial charge in [-0.15, -0.1) is 0 Å². The Bertz CT molecular complexity index is 479. The van der Waals surface area contributed by atoms with Crippen LogP contribution in [0.1, 0.15) is 39.5 Å². The van der Waals surface area contributed by atoms with Crippen molar-refractivity contribution >= 4 is 21.7 Å². The Morgan fingerprint density at radius 3 is 2.20 bits per heavy atom. The highest BCUT2D eigenvalue weighted by molar-refractivity contribution is 7.90. The monoisotopic (exact) mass is 305 g/mol. The molecule has 0 saturated heterocycles. The molecule has 20 heavy (non-hydrogen) atoms. The highest BCUT2D eigenvalue weighted by Gasteiger charge is 2.46. The van der Waals surface area contributed by atoms with Crippen molar-refractivity contribution in [3.05, 3.63) is 0 Å². The Hall–Kier alpha value is -1.11. The quantitative estimate of drug-likeness (QED) is 0.691. The first-order chi connectivity index (χ1) is 9.03. The summed E-state index contributed by atoms with van der Waals surface area (Å²) in [6, 6.07) is -0.906. The molecule has 0 radical (unpaired) electrons. The number of amides is 1. The summed E-state index contributed by atoms with van der Waals surface area (Å²) in [6.07, 6.45) is 3.01. The number of hydrogen-bond acceptors (Lipinski definition) is 4. The van der Waals surface area contributed by atoms with Gasteiger partial charge >= 0.3 is 5.97 Å². The van der Waals surface area contributed by atoms with E-state index in [4.69, 9.17) is 5.11 Å². The number of rotatable bonds is 8. The number of aliphatic carboxylic acids is 1. The van der Waals surface area contributed by atoms with Gasteiger partial charge in [-0.3, -0.25) is 4.79 Å². The molecule has 2 N–H and O–H groups in total. The maximum atomic E-state index is 11.9. The van der Waals surface area contributed by atoms with Crippen molar-refractivity contribution < 1.29 is 23.1 Å². The zero-order chi connectivity index (χ0) is 15.6. The fraction of sp³-hybridized carbons (Fsp3) is 0.846. The van der Waals surface area contributed by atoms with Gasteiger partial charge in [0.2, 0.25) is 5.91 Å². The third kappa shape index (κ3) is 5.90. The Morgan fingerprint density at radius 2 is 1.85 bits per heavy atom. The summed E-state index contributed by atoms with van der Waals surface area (Å²) >= 11 is 0. The normalized spacial score (nSPS) is 18.6. The van der Waals surface area contributed by atoms with Crippen LogP contribution >= 0.6 is 0 Å². The van der Waals surface area contributed by atoms with Crippen molar-refractivity contribution in [3.63, 3.8) is 0 Å². The lowest BCUT2D eigenvalue weighted by Crippen LogP contribution is -2.42. The molecule has 1 aliphatic rings. The van der Waals surface area contributed by atoms with Crippen LogP contribution in [0.5, 0.6) is 0 Å². The molecule has 1 unspecified atom stereocenters. The minimum Gasteiger partial charge on any atom is -0.480 e. The lowest BCUT2D eigenvalue weighted by Gasteiger charge is -2.19. The second kappa shape index (κ2) is 6.11. The minimum atomic E-state index is -3.13. The van der Waals surface area contributed by atoms with Gasteiger partial charge in [0.25, 0.3) is 0 Å². The molecular weight excluding hydrogens is 282 g/mol. The van der Waals surface area contributed by atoms with E-state index in [1.807, 2.05) is 13.8 Å². The van der Waals surface area contributed by atoms with E-state index >= 15 is 0 Å². The molecule has 1 saturated carbocycles. The zero-order valence-corrected chi connectivity index (χ0v) is 13.0. The summed E-state index contributed by atoms with van der Waals surface area (Å²) < 4.78 is 22.6. The van der Waals surface area contributed by atoms with Crippen LogP contribution in [-0.2, 0) is 19.4 Å². The van der Waals surface area contributed by atoms with Gasteiger partial charge in [0, 0.05) is 12.7 Å². The zero-order valence-electron chi connectivity index (χ0n) is 12.2. The number of hydrogen-bond donors (Lipinski definition) is 2. The van der Waals surface area contributed by atoms with Crippen LogP contribution in [0.15, 0.2) is 0 Å². The predicted octanol–water partition coefficient (Wildman–Crippen LogP) is 0.817. The molecule has 1 fully saturated rings. The van der Waals surface area contributed by atoms with E-state index in [2.05, 4.69) is 5.32 Å². The second-order valence-corrected chi connectivity index (χ2v) is 8.47. The van der Waals surface area contributed by atoms with Gasteiger partial charge in [-0.1, -0.05) is 13.8 Å². The van der Waals surface area contributed by atoms with Gasteiger partial charge in [0.05, 0.1) is 5.75 Å². The Labute approximate surface area is 119 Å². The molecule has 0 bridgehead atoms. The number of carbonyl (C=O) groups excluding carboxylic acids is 1. The summed E-state index contributed by atoms with van der Waals surface area (Å²) in [4.78, 5) is 23.0. The summed E-state index contributed by atoms with van der Waals surface area (Å²) in [7, 11) is -3.13. The standard InChI is InChI=1S/C13H23NO5S/c1-9(2)6-10(12(16)17)14-11(15)7-13(4-5-13)8-20(3,18)19/h9-10H,4-8H2,1-3H3,(H,14,15)(H,16,17). The smallest absolute Gasteiger partial charge is 0.326 e. The maximum absolute atomic E-state index is 11.9. The molecule has 7 heteroatoms. The van der Waals surface area contributed by atoms with Gasteiger partial charge in [-0.2, -0.15) is 0 Å². The van der Waals surface area contributed by atoms with Crippen molar-refractivity contribution in [1.82, 2.24) is 5.32 Å². The average Bonchev–Trinajstić information content (AvgIpc) is 2.92. The molecule has 0 aromatic carbocycles. The molecule has 0 aromatic rings. The summed E-state index contributed by atoms with van der Waals surface area (Å²) in [5.41, 5.74) is -0.474. The third-order valence-electron chi connectivity index (χ3n) is 3.40. The van der Waals surface area contributed by atoms with Crippen molar-refractivity contribution in [1.29, 1.82) is 0 Å². The van der Waals surface area contributed by atoms with Crippen molar-refractivity contribution in [2.45, 2.75) is 45.6 Å². The van der Waals surface area contributed by atoms with Crippen LogP contribution in [0.2, 0.25) is 0 Å². The van der Waals surface area contributed by atoms with E-state index in [0.29, 0.717) is 19.3 Å². The number of carboxylic acids is 1. The number of carbonyl (C=O) groups is 2. The van der Waals surface area contributed by atoms with Crippen LogP contribution in [0.3, 0.4) is 0 Å². The van der Waals surface area contributed by atoms with Crippen molar-refractivity contribution in [3.8, 4) is 0 Å². The summed E-state index contributed by atoms with van der Waals surface area (Å²) in [5.74, 6) is -1.28. The number of carboxylic acid groups (broad SMARTS) is 1. The molecular formula is C13H23NO5S. The Balaban J connectivity index is 2.56. The highest BCUT2D eigenvalue weighted by Crippen LogP contribution is 2.49. The number of nitrogens with one attached hydrogen (secondary N) is 1. The van der Waals surface area contributed by atoms with E-state index in [1.165, 1.54) is 0 Å². The molecule has 1 amide bonds. The molecule has 0 aromatic heterocycles. The average molecular weight is 305 g/mol. The van der Waals surface area contributed by atoms with Gasteiger partial charge < -0.3 is 10.4 Å². The Kier molecular flexibility index (Phi) is 5.18. The molecule has 6 nitrogen and oxygen atoms in total. The van der Waals surface area contributed by atoms with Gasteiger partial charge in [0.15, 0.2) is 0 Å². The van der Waals surface area contributed by atoms with Crippen molar-refractivity contribution in [2.24, 2.45) is 11.3 Å². The first-order valence-corrected chi connectivity index (χ1v) is 8.79. The van der Waals surface area contributed by atoms with E-state index in [1.54, 1.807) is 0 Å². The van der Waals surface area contributed by atoms with E-state index in [0.717, 1.165) is 6.26 Å². The minimum absolute atomic E-state index is 0.00462. The van der Waals surface area contributed by atoms with Crippen LogP contribution in [0, 0.1) is 11.3 Å². The van der Waals surface area contributed by atoms with E-state index in [9.17, 15) is 18.0 Å². The molecule has 116 valence electrons. The predicted molar refractivity (Wildman–Crippen MR) is 75.0 cm³/mol. The molecule has 1 atom stereocenters. The Morgan fingerprint density at radius 1 is 1.30 bits per heavy atom. The van der Waals surface area contributed by atoms with E-state index in [-0.39, 0.29) is 24.0 Å². The van der Waals surface area contributed by atoms with Crippen molar-refractivity contribution in [2.75, 3.05) is 12.0 Å². The topological polar surface area (TPSA) is 101 Å². The molecule has 1 aliphatic carbocycles. The SMILES string of the molecule is CC(C)CC(NC(=O)CC1(CS(C)(=O)=O)CC1)C(=O)O. The third-order valence-corrected chi connectivity index (χ3v) is 4.54. The lowest BCUT2D eigenvalue weighted by atomic mass is 10.0. The summed E-state index contributed by atoms with van der Waals surface area (Å²) in [5, 5.41) is 11.6.